The zero-order chi connectivity index (χ0) is 21.3. The van der Waals surface area contributed by atoms with E-state index >= 15 is 0 Å². The molecule has 0 aliphatic rings. The smallest absolute Gasteiger partial charge is 0.264 e. The molecule has 2 aromatic heterocycles. The lowest BCUT2D eigenvalue weighted by atomic mass is 10.3. The molecule has 0 amide bonds. The molecule has 7 nitrogen and oxygen atoms in total. The molecule has 0 spiro atoms. The lowest BCUT2D eigenvalue weighted by Gasteiger charge is -2.19. The number of anilines is 2. The van der Waals surface area contributed by atoms with Crippen molar-refractivity contribution in [3.8, 4) is 0 Å². The number of imidazole rings is 1. The number of hydrogen-bond donors (Lipinski definition) is 1. The van der Waals surface area contributed by atoms with Crippen LogP contribution in [0.15, 0.2) is 78.0 Å². The SMILES string of the molecule is CN(c1ccccc1)S(=O)(=O)c1ccc2c(c1)nc(CC[n+]1ccc(N)cc1)n2C.[Cl-]. The van der Waals surface area contributed by atoms with Crippen molar-refractivity contribution in [3.63, 3.8) is 0 Å². The number of nitrogens with zero attached hydrogens (tertiary/aromatic N) is 4. The summed E-state index contributed by atoms with van der Waals surface area (Å²) >= 11 is 0. The number of benzene rings is 2. The Bertz CT molecular complexity index is 1290. The zero-order valence-corrected chi connectivity index (χ0v) is 18.9. The molecule has 2 heterocycles. The lowest BCUT2D eigenvalue weighted by molar-refractivity contribution is -0.696. The van der Waals surface area contributed by atoms with Crippen LogP contribution in [-0.4, -0.2) is 25.0 Å². The summed E-state index contributed by atoms with van der Waals surface area (Å²) in [6.07, 6.45) is 4.58. The Morgan fingerprint density at radius 3 is 2.42 bits per heavy atom. The second-order valence-electron chi connectivity index (χ2n) is 7.16. The van der Waals surface area contributed by atoms with Gasteiger partial charge in [-0.3, -0.25) is 4.31 Å². The summed E-state index contributed by atoms with van der Waals surface area (Å²) in [6.45, 7) is 0.749. The van der Waals surface area contributed by atoms with E-state index in [-0.39, 0.29) is 17.3 Å². The number of nitrogen functional groups attached to an aromatic ring is 1. The minimum atomic E-state index is -3.68. The minimum absolute atomic E-state index is 0. The monoisotopic (exact) mass is 457 g/mol. The number of fused-ring (bicyclic) bond motifs is 1. The fourth-order valence-corrected chi connectivity index (χ4v) is 4.61. The minimum Gasteiger partial charge on any atom is -1.00 e. The average molecular weight is 458 g/mol. The van der Waals surface area contributed by atoms with Crippen LogP contribution in [0.2, 0.25) is 0 Å². The maximum atomic E-state index is 13.1. The van der Waals surface area contributed by atoms with Crippen LogP contribution < -0.4 is 27.0 Å². The van der Waals surface area contributed by atoms with Gasteiger partial charge >= 0.3 is 0 Å². The molecular weight excluding hydrogens is 434 g/mol. The third-order valence-electron chi connectivity index (χ3n) is 5.23. The molecule has 0 fully saturated rings. The molecule has 0 saturated carbocycles. The third kappa shape index (κ3) is 4.50. The highest BCUT2D eigenvalue weighted by atomic mass is 35.5. The van der Waals surface area contributed by atoms with E-state index in [1.54, 1.807) is 31.3 Å². The summed E-state index contributed by atoms with van der Waals surface area (Å²) < 4.78 is 31.5. The van der Waals surface area contributed by atoms with E-state index in [9.17, 15) is 8.42 Å². The van der Waals surface area contributed by atoms with Gasteiger partial charge in [-0.15, -0.1) is 0 Å². The zero-order valence-electron chi connectivity index (χ0n) is 17.3. The van der Waals surface area contributed by atoms with Gasteiger partial charge in [0.1, 0.15) is 5.82 Å². The normalized spacial score (nSPS) is 11.3. The van der Waals surface area contributed by atoms with Crippen molar-refractivity contribution in [3.05, 3.63) is 78.9 Å². The van der Waals surface area contributed by atoms with Crippen molar-refractivity contribution in [2.75, 3.05) is 17.1 Å². The predicted molar refractivity (Wildman–Crippen MR) is 117 cm³/mol. The molecule has 4 aromatic rings. The van der Waals surface area contributed by atoms with Gasteiger partial charge in [-0.1, -0.05) is 18.2 Å². The van der Waals surface area contributed by atoms with Gasteiger partial charge in [0, 0.05) is 31.9 Å². The van der Waals surface area contributed by atoms with Crippen LogP contribution in [0.3, 0.4) is 0 Å². The topological polar surface area (TPSA) is 85.1 Å². The summed E-state index contributed by atoms with van der Waals surface area (Å²) in [5.41, 5.74) is 8.63. The molecule has 2 aromatic carbocycles. The fraction of sp³-hybridized carbons (Fsp3) is 0.182. The lowest BCUT2D eigenvalue weighted by Crippen LogP contribution is -3.00. The highest BCUT2D eigenvalue weighted by molar-refractivity contribution is 7.92. The van der Waals surface area contributed by atoms with Crippen LogP contribution in [-0.2, 0) is 30.0 Å². The molecule has 4 rings (SSSR count). The highest BCUT2D eigenvalue weighted by Gasteiger charge is 2.22. The first kappa shape index (κ1) is 22.6. The number of nitrogens with two attached hydrogens (primary N) is 1. The number of sulfonamides is 1. The largest absolute Gasteiger partial charge is 1.00 e. The number of halogens is 1. The van der Waals surface area contributed by atoms with Gasteiger partial charge in [0.15, 0.2) is 18.9 Å². The molecule has 2 N–H and O–H groups in total. The van der Waals surface area contributed by atoms with E-state index < -0.39 is 10.0 Å². The maximum absolute atomic E-state index is 13.1. The molecule has 31 heavy (non-hydrogen) atoms. The first-order valence-corrected chi connectivity index (χ1v) is 11.0. The molecule has 0 bridgehead atoms. The van der Waals surface area contributed by atoms with E-state index in [2.05, 4.69) is 0 Å². The van der Waals surface area contributed by atoms with Crippen molar-refractivity contribution in [1.82, 2.24) is 9.55 Å². The van der Waals surface area contributed by atoms with Crippen molar-refractivity contribution in [2.45, 2.75) is 17.9 Å². The Balaban J connectivity index is 0.00000272. The summed E-state index contributed by atoms with van der Waals surface area (Å²) in [7, 11) is -0.173. The molecule has 0 aliphatic heterocycles. The van der Waals surface area contributed by atoms with Gasteiger partial charge in [0.25, 0.3) is 10.0 Å². The van der Waals surface area contributed by atoms with Gasteiger partial charge in [-0.25, -0.2) is 18.0 Å². The molecule has 0 atom stereocenters. The van der Waals surface area contributed by atoms with Gasteiger partial charge in [0.2, 0.25) is 0 Å². The van der Waals surface area contributed by atoms with E-state index in [4.69, 9.17) is 10.7 Å². The summed E-state index contributed by atoms with van der Waals surface area (Å²) in [4.78, 5) is 4.91. The second-order valence-corrected chi connectivity index (χ2v) is 9.13. The molecular formula is C22H24ClN5O2S. The Labute approximate surface area is 188 Å². The summed E-state index contributed by atoms with van der Waals surface area (Å²) in [5.74, 6) is 0.889. The standard InChI is InChI=1S/C22H23N5O2S.ClH/c1-25-21-9-8-19(30(28,29)26(2)18-6-4-3-5-7-18)16-20(21)24-22(25)12-15-27-13-10-17(23)11-14-27;/h3-11,13-14,16,23H,12,15H2,1-2H3;1H. The van der Waals surface area contributed by atoms with Crippen LogP contribution in [0.25, 0.3) is 11.0 Å². The van der Waals surface area contributed by atoms with Gasteiger partial charge in [-0.05, 0) is 30.3 Å². The van der Waals surface area contributed by atoms with Crippen LogP contribution >= 0.6 is 0 Å². The number of para-hydroxylation sites is 1. The van der Waals surface area contributed by atoms with Crippen LogP contribution in [0.4, 0.5) is 11.4 Å². The van der Waals surface area contributed by atoms with E-state index in [1.807, 2.05) is 65.0 Å². The second kappa shape index (κ2) is 8.95. The number of pyridine rings is 1. The Kier molecular flexibility index (Phi) is 6.52. The summed E-state index contributed by atoms with van der Waals surface area (Å²) in [5, 5.41) is 0. The molecule has 0 radical (unpaired) electrons. The number of rotatable bonds is 6. The van der Waals surface area contributed by atoms with E-state index in [0.717, 1.165) is 23.6 Å². The number of aryl methyl sites for hydroxylation is 3. The molecule has 162 valence electrons. The third-order valence-corrected chi connectivity index (χ3v) is 7.02. The average Bonchev–Trinajstić information content (AvgIpc) is 3.08. The number of hydrogen-bond acceptors (Lipinski definition) is 4. The van der Waals surface area contributed by atoms with Crippen molar-refractivity contribution in [1.29, 1.82) is 0 Å². The summed E-state index contributed by atoms with van der Waals surface area (Å²) in [6, 6.07) is 17.8. The van der Waals surface area contributed by atoms with Crippen LogP contribution in [0.5, 0.6) is 0 Å². The van der Waals surface area contributed by atoms with E-state index in [1.165, 1.54) is 4.31 Å². The van der Waals surface area contributed by atoms with Gasteiger partial charge in [-0.2, -0.15) is 0 Å². The van der Waals surface area contributed by atoms with Crippen molar-refractivity contribution >= 4 is 32.4 Å². The van der Waals surface area contributed by atoms with Crippen molar-refractivity contribution in [2.24, 2.45) is 7.05 Å². The maximum Gasteiger partial charge on any atom is 0.264 e. The van der Waals surface area contributed by atoms with Gasteiger partial charge < -0.3 is 22.7 Å². The van der Waals surface area contributed by atoms with Crippen LogP contribution in [0.1, 0.15) is 5.82 Å². The Morgan fingerprint density at radius 1 is 1.06 bits per heavy atom. The quantitative estimate of drug-likeness (QED) is 0.396. The Hall–Kier alpha value is -3.10. The highest BCUT2D eigenvalue weighted by Crippen LogP contribution is 2.25. The molecule has 9 heteroatoms. The first-order chi connectivity index (χ1) is 14.4. The molecule has 0 aliphatic carbocycles. The van der Waals surface area contributed by atoms with Gasteiger partial charge in [0.05, 0.1) is 28.0 Å². The fourth-order valence-electron chi connectivity index (χ4n) is 3.40. The molecule has 0 unspecified atom stereocenters. The van der Waals surface area contributed by atoms with E-state index in [0.29, 0.717) is 17.6 Å². The Morgan fingerprint density at radius 2 is 1.74 bits per heavy atom. The first-order valence-electron chi connectivity index (χ1n) is 9.60. The number of aromatic nitrogens is 3. The molecule has 0 saturated heterocycles. The van der Waals surface area contributed by atoms with Crippen LogP contribution in [0, 0.1) is 0 Å². The van der Waals surface area contributed by atoms with Crippen molar-refractivity contribution < 1.29 is 25.4 Å². The predicted octanol–water partition coefficient (Wildman–Crippen LogP) is -0.485.